The molecule has 2 aromatic heterocycles. The molecule has 172 valence electrons. The van der Waals surface area contributed by atoms with E-state index in [4.69, 9.17) is 4.74 Å². The number of aromatic nitrogens is 4. The minimum Gasteiger partial charge on any atom is -0.410 e. The van der Waals surface area contributed by atoms with Crippen molar-refractivity contribution in [2.75, 3.05) is 18.8 Å². The maximum atomic E-state index is 12.7. The number of carbonyl (C=O) groups is 1. The fourth-order valence-corrected chi connectivity index (χ4v) is 4.43. The zero-order chi connectivity index (χ0) is 22.4. The normalized spacial score (nSPS) is 11.0. The minimum absolute atomic E-state index is 0.246. The number of carbonyl (C=O) groups excluding carboxylic acids is 1. The number of para-hydroxylation sites is 1. The van der Waals surface area contributed by atoms with Gasteiger partial charge in [0.1, 0.15) is 17.1 Å². The molecule has 1 aromatic carbocycles. The van der Waals surface area contributed by atoms with Crippen molar-refractivity contribution in [2.24, 2.45) is 0 Å². The van der Waals surface area contributed by atoms with Crippen LogP contribution in [-0.2, 0) is 0 Å². The summed E-state index contributed by atoms with van der Waals surface area (Å²) in [5.74, 6) is 1.57. The molecule has 0 aliphatic carbocycles. The van der Waals surface area contributed by atoms with Crippen LogP contribution in [0.15, 0.2) is 47.9 Å². The average molecular weight is 456 g/mol. The quantitative estimate of drug-likeness (QED) is 0.180. The zero-order valence-corrected chi connectivity index (χ0v) is 19.6. The SMILES string of the molecule is CCCCCCCN(CCCCCSc1ncnc2[nH]ncc12)C(=O)Oc1ccccc1. The molecular formula is C24H33N5O2S. The Kier molecular flexibility index (Phi) is 10.3. The summed E-state index contributed by atoms with van der Waals surface area (Å²) < 4.78 is 5.58. The highest BCUT2D eigenvalue weighted by Crippen LogP contribution is 2.24. The van der Waals surface area contributed by atoms with Crippen molar-refractivity contribution < 1.29 is 9.53 Å². The predicted molar refractivity (Wildman–Crippen MR) is 129 cm³/mol. The summed E-state index contributed by atoms with van der Waals surface area (Å²) in [5.41, 5.74) is 0.772. The highest BCUT2D eigenvalue weighted by atomic mass is 32.2. The van der Waals surface area contributed by atoms with Gasteiger partial charge in [0.2, 0.25) is 0 Å². The van der Waals surface area contributed by atoms with Crippen molar-refractivity contribution in [1.82, 2.24) is 25.1 Å². The summed E-state index contributed by atoms with van der Waals surface area (Å²) in [5, 5.41) is 8.84. The Hall–Kier alpha value is -2.61. The molecule has 1 amide bonds. The molecule has 0 bridgehead atoms. The molecule has 7 nitrogen and oxygen atoms in total. The van der Waals surface area contributed by atoms with Crippen molar-refractivity contribution in [1.29, 1.82) is 0 Å². The third-order valence-corrected chi connectivity index (χ3v) is 6.35. The number of benzene rings is 1. The van der Waals surface area contributed by atoms with Gasteiger partial charge in [-0.1, -0.05) is 57.2 Å². The molecule has 0 spiro atoms. The van der Waals surface area contributed by atoms with E-state index in [0.29, 0.717) is 5.75 Å². The highest BCUT2D eigenvalue weighted by molar-refractivity contribution is 7.99. The number of fused-ring (bicyclic) bond motifs is 1. The van der Waals surface area contributed by atoms with Crippen molar-refractivity contribution in [3.63, 3.8) is 0 Å². The molecule has 0 atom stereocenters. The number of amides is 1. The molecule has 0 unspecified atom stereocenters. The average Bonchev–Trinajstić information content (AvgIpc) is 3.30. The van der Waals surface area contributed by atoms with E-state index in [1.165, 1.54) is 19.3 Å². The summed E-state index contributed by atoms with van der Waals surface area (Å²) in [6.45, 7) is 3.69. The molecule has 0 radical (unpaired) electrons. The predicted octanol–water partition coefficient (Wildman–Crippen LogP) is 6.09. The number of aromatic amines is 1. The van der Waals surface area contributed by atoms with E-state index in [-0.39, 0.29) is 6.09 Å². The Labute approximate surface area is 194 Å². The highest BCUT2D eigenvalue weighted by Gasteiger charge is 2.15. The van der Waals surface area contributed by atoms with Crippen LogP contribution < -0.4 is 4.74 Å². The molecule has 0 aliphatic heterocycles. The fraction of sp³-hybridized carbons (Fsp3) is 0.500. The van der Waals surface area contributed by atoms with Crippen LogP contribution in [0, 0.1) is 0 Å². The standard InChI is InChI=1S/C24H33N5O2S/c1-2-3-4-5-10-15-29(24(30)31-20-13-8-6-9-14-20)16-11-7-12-17-32-23-21-18-27-28-22(21)25-19-26-23/h6,8-9,13-14,18-19H,2-5,7,10-12,15-17H2,1H3,(H,25,26,27,28). The maximum Gasteiger partial charge on any atom is 0.415 e. The molecule has 0 saturated heterocycles. The molecule has 0 fully saturated rings. The van der Waals surface area contributed by atoms with Crippen LogP contribution in [0.3, 0.4) is 0 Å². The van der Waals surface area contributed by atoms with Crippen LogP contribution in [0.5, 0.6) is 5.75 Å². The van der Waals surface area contributed by atoms with Crippen LogP contribution in [0.1, 0.15) is 58.3 Å². The molecule has 1 N–H and O–H groups in total. The molecule has 0 aliphatic rings. The first kappa shape index (κ1) is 24.0. The number of nitrogens with one attached hydrogen (secondary N) is 1. The van der Waals surface area contributed by atoms with Gasteiger partial charge in [0, 0.05) is 13.1 Å². The summed E-state index contributed by atoms with van der Waals surface area (Å²) in [4.78, 5) is 23.1. The molecule has 0 saturated carbocycles. The van der Waals surface area contributed by atoms with Gasteiger partial charge in [-0.3, -0.25) is 5.10 Å². The number of unbranched alkanes of at least 4 members (excludes halogenated alkanes) is 6. The number of H-pyrrole nitrogens is 1. The lowest BCUT2D eigenvalue weighted by Gasteiger charge is -2.22. The topological polar surface area (TPSA) is 84.0 Å². The molecule has 2 heterocycles. The molecular weight excluding hydrogens is 422 g/mol. The first-order chi connectivity index (χ1) is 15.8. The first-order valence-electron chi connectivity index (χ1n) is 11.6. The van der Waals surface area contributed by atoms with Crippen LogP contribution in [0.25, 0.3) is 11.0 Å². The molecule has 3 rings (SSSR count). The lowest BCUT2D eigenvalue weighted by Crippen LogP contribution is -2.35. The van der Waals surface area contributed by atoms with Gasteiger partial charge in [-0.05, 0) is 37.1 Å². The van der Waals surface area contributed by atoms with E-state index in [1.807, 2.05) is 35.2 Å². The van der Waals surface area contributed by atoms with E-state index in [1.54, 1.807) is 24.3 Å². The fourth-order valence-electron chi connectivity index (χ4n) is 3.46. The smallest absolute Gasteiger partial charge is 0.410 e. The van der Waals surface area contributed by atoms with E-state index < -0.39 is 0 Å². The van der Waals surface area contributed by atoms with Crippen molar-refractivity contribution in [3.05, 3.63) is 42.9 Å². The largest absolute Gasteiger partial charge is 0.415 e. The summed E-state index contributed by atoms with van der Waals surface area (Å²) in [6, 6.07) is 9.31. The second-order valence-electron chi connectivity index (χ2n) is 7.80. The van der Waals surface area contributed by atoms with Gasteiger partial charge < -0.3 is 9.64 Å². The van der Waals surface area contributed by atoms with E-state index >= 15 is 0 Å². The Morgan fingerprint density at radius 3 is 2.53 bits per heavy atom. The number of thioether (sulfide) groups is 1. The van der Waals surface area contributed by atoms with Gasteiger partial charge in [0.25, 0.3) is 0 Å². The van der Waals surface area contributed by atoms with E-state index in [9.17, 15) is 4.79 Å². The van der Waals surface area contributed by atoms with E-state index in [0.717, 1.165) is 67.0 Å². The number of rotatable bonds is 14. The van der Waals surface area contributed by atoms with Gasteiger partial charge in [-0.15, -0.1) is 11.8 Å². The van der Waals surface area contributed by atoms with E-state index in [2.05, 4.69) is 27.1 Å². The minimum atomic E-state index is -0.246. The second kappa shape index (κ2) is 13.7. The number of hydrogen-bond donors (Lipinski definition) is 1. The molecule has 3 aromatic rings. The third kappa shape index (κ3) is 7.82. The Bertz CT molecular complexity index is 934. The van der Waals surface area contributed by atoms with Crippen LogP contribution >= 0.6 is 11.8 Å². The summed E-state index contributed by atoms with van der Waals surface area (Å²) >= 11 is 1.73. The first-order valence-corrected chi connectivity index (χ1v) is 12.5. The van der Waals surface area contributed by atoms with Crippen molar-refractivity contribution >= 4 is 28.9 Å². The number of hydrogen-bond acceptors (Lipinski definition) is 6. The Morgan fingerprint density at radius 1 is 1.00 bits per heavy atom. The van der Waals surface area contributed by atoms with Gasteiger partial charge in [-0.2, -0.15) is 5.10 Å². The van der Waals surface area contributed by atoms with Crippen molar-refractivity contribution in [2.45, 2.75) is 63.3 Å². The van der Waals surface area contributed by atoms with Gasteiger partial charge >= 0.3 is 6.09 Å². The number of nitrogens with zero attached hydrogens (tertiary/aromatic N) is 4. The third-order valence-electron chi connectivity index (χ3n) is 5.26. The molecule has 32 heavy (non-hydrogen) atoms. The molecule has 8 heteroatoms. The van der Waals surface area contributed by atoms with Crippen molar-refractivity contribution in [3.8, 4) is 5.75 Å². The van der Waals surface area contributed by atoms with Crippen LogP contribution in [0.2, 0.25) is 0 Å². The Balaban J connectivity index is 1.40. The van der Waals surface area contributed by atoms with Gasteiger partial charge in [0.05, 0.1) is 11.6 Å². The Morgan fingerprint density at radius 2 is 1.75 bits per heavy atom. The lowest BCUT2D eigenvalue weighted by molar-refractivity contribution is 0.150. The maximum absolute atomic E-state index is 12.7. The zero-order valence-electron chi connectivity index (χ0n) is 18.8. The number of ether oxygens (including phenoxy) is 1. The summed E-state index contributed by atoms with van der Waals surface area (Å²) in [6.07, 6.45) is 12.0. The lowest BCUT2D eigenvalue weighted by atomic mass is 10.1. The summed E-state index contributed by atoms with van der Waals surface area (Å²) in [7, 11) is 0. The van der Waals surface area contributed by atoms with Gasteiger partial charge in [0.15, 0.2) is 5.65 Å². The monoisotopic (exact) mass is 455 g/mol. The second-order valence-corrected chi connectivity index (χ2v) is 8.89. The van der Waals surface area contributed by atoms with Crippen LogP contribution in [0.4, 0.5) is 4.79 Å². The van der Waals surface area contributed by atoms with Gasteiger partial charge in [-0.25, -0.2) is 14.8 Å². The van der Waals surface area contributed by atoms with Crippen LogP contribution in [-0.4, -0.2) is 50.0 Å².